The van der Waals surface area contributed by atoms with Crippen molar-refractivity contribution < 1.29 is 4.74 Å². The first-order chi connectivity index (χ1) is 12.3. The van der Waals surface area contributed by atoms with Gasteiger partial charge in [-0.25, -0.2) is 0 Å². The molecule has 0 saturated carbocycles. The van der Waals surface area contributed by atoms with Gasteiger partial charge in [0.05, 0.1) is 17.6 Å². The molecule has 5 heteroatoms. The van der Waals surface area contributed by atoms with Crippen molar-refractivity contribution in [2.24, 2.45) is 5.41 Å². The van der Waals surface area contributed by atoms with E-state index in [1.807, 2.05) is 16.7 Å². The Balaban J connectivity index is 1.95. The predicted molar refractivity (Wildman–Crippen MR) is 108 cm³/mol. The van der Waals surface area contributed by atoms with Crippen LogP contribution in [0.1, 0.15) is 40.0 Å². The van der Waals surface area contributed by atoms with Gasteiger partial charge in [-0.3, -0.25) is 9.69 Å². The molecule has 0 aliphatic carbocycles. The number of halogens is 1. The molecule has 1 aliphatic heterocycles. The number of piperidine rings is 1. The average molecular weight is 377 g/mol. The molecule has 0 amide bonds. The van der Waals surface area contributed by atoms with Gasteiger partial charge in [0.25, 0.3) is 5.56 Å². The third-order valence-corrected chi connectivity index (χ3v) is 5.83. The van der Waals surface area contributed by atoms with Crippen LogP contribution in [0, 0.1) is 5.41 Å². The Morgan fingerprint density at radius 3 is 2.62 bits per heavy atom. The van der Waals surface area contributed by atoms with E-state index in [-0.39, 0.29) is 11.0 Å². The van der Waals surface area contributed by atoms with Crippen molar-refractivity contribution in [1.29, 1.82) is 0 Å². The highest BCUT2D eigenvalue weighted by Gasteiger charge is 2.32. The highest BCUT2D eigenvalue weighted by Crippen LogP contribution is 2.33. The van der Waals surface area contributed by atoms with Crippen LogP contribution in [-0.4, -0.2) is 35.7 Å². The molecule has 26 heavy (non-hydrogen) atoms. The number of pyridine rings is 1. The number of rotatable bonds is 4. The van der Waals surface area contributed by atoms with Crippen LogP contribution in [0.2, 0.25) is 5.02 Å². The maximum absolute atomic E-state index is 12.6. The van der Waals surface area contributed by atoms with E-state index in [4.69, 9.17) is 16.3 Å². The van der Waals surface area contributed by atoms with Gasteiger partial charge in [-0.15, -0.1) is 0 Å². The summed E-state index contributed by atoms with van der Waals surface area (Å²) in [5.41, 5.74) is 1.02. The Bertz CT molecular complexity index is 838. The lowest BCUT2D eigenvalue weighted by Crippen LogP contribution is -2.48. The number of methoxy groups -OCH3 is 1. The van der Waals surface area contributed by atoms with E-state index in [9.17, 15) is 4.79 Å². The van der Waals surface area contributed by atoms with Gasteiger partial charge in [0.1, 0.15) is 5.75 Å². The largest absolute Gasteiger partial charge is 0.495 e. The van der Waals surface area contributed by atoms with E-state index in [0.717, 1.165) is 24.0 Å². The molecule has 4 nitrogen and oxygen atoms in total. The van der Waals surface area contributed by atoms with Gasteiger partial charge in [0.15, 0.2) is 0 Å². The van der Waals surface area contributed by atoms with Crippen LogP contribution in [0.3, 0.4) is 0 Å². The smallest absolute Gasteiger partial charge is 0.251 e. The fourth-order valence-corrected chi connectivity index (χ4v) is 4.43. The normalized spacial score (nSPS) is 19.0. The Morgan fingerprint density at radius 1 is 1.15 bits per heavy atom. The number of nitrogens with zero attached hydrogens (tertiary/aromatic N) is 2. The van der Waals surface area contributed by atoms with Gasteiger partial charge in [-0.1, -0.05) is 38.8 Å². The van der Waals surface area contributed by atoms with E-state index >= 15 is 0 Å². The highest BCUT2D eigenvalue weighted by molar-refractivity contribution is 6.35. The van der Waals surface area contributed by atoms with Crippen LogP contribution in [0.15, 0.2) is 29.1 Å². The van der Waals surface area contributed by atoms with Crippen molar-refractivity contribution in [3.8, 4) is 5.75 Å². The SMILES string of the molecule is COc1ccc(Cl)c2ccc(=O)n(CCN3CCCCC3C(C)(C)C)c12. The van der Waals surface area contributed by atoms with Crippen LogP contribution < -0.4 is 10.3 Å². The summed E-state index contributed by atoms with van der Waals surface area (Å²) in [6.07, 6.45) is 3.74. The second-order valence-corrected chi connectivity index (χ2v) is 8.66. The van der Waals surface area contributed by atoms with Gasteiger partial charge >= 0.3 is 0 Å². The Labute approximate surface area is 160 Å². The molecule has 1 aliphatic rings. The number of likely N-dealkylation sites (tertiary alicyclic amines) is 1. The number of benzene rings is 1. The van der Waals surface area contributed by atoms with Crippen molar-refractivity contribution >= 4 is 22.5 Å². The summed E-state index contributed by atoms with van der Waals surface area (Å²) in [5.74, 6) is 0.688. The summed E-state index contributed by atoms with van der Waals surface area (Å²) in [6.45, 7) is 9.52. The topological polar surface area (TPSA) is 34.5 Å². The molecule has 2 aromatic rings. The van der Waals surface area contributed by atoms with E-state index in [2.05, 4.69) is 25.7 Å². The summed E-state index contributed by atoms with van der Waals surface area (Å²) in [5, 5.41) is 1.50. The van der Waals surface area contributed by atoms with E-state index in [0.29, 0.717) is 23.4 Å². The van der Waals surface area contributed by atoms with Gasteiger partial charge in [0, 0.05) is 30.6 Å². The second kappa shape index (κ2) is 7.61. The molecular formula is C21H29ClN2O2. The molecular weight excluding hydrogens is 348 g/mol. The number of aromatic nitrogens is 1. The lowest BCUT2D eigenvalue weighted by Gasteiger charge is -2.43. The van der Waals surface area contributed by atoms with Crippen LogP contribution in [0.5, 0.6) is 5.75 Å². The Morgan fingerprint density at radius 2 is 1.92 bits per heavy atom. The van der Waals surface area contributed by atoms with E-state index < -0.39 is 0 Å². The van der Waals surface area contributed by atoms with Crippen molar-refractivity contribution in [2.75, 3.05) is 20.2 Å². The quantitative estimate of drug-likeness (QED) is 0.784. The maximum Gasteiger partial charge on any atom is 0.251 e. The monoisotopic (exact) mass is 376 g/mol. The van der Waals surface area contributed by atoms with Crippen LogP contribution in [-0.2, 0) is 6.54 Å². The number of hydrogen-bond donors (Lipinski definition) is 0. The molecule has 1 aromatic heterocycles. The summed E-state index contributed by atoms with van der Waals surface area (Å²) in [6, 6.07) is 7.59. The van der Waals surface area contributed by atoms with Gasteiger partial charge in [-0.05, 0) is 43.0 Å². The summed E-state index contributed by atoms with van der Waals surface area (Å²) < 4.78 is 7.33. The zero-order valence-electron chi connectivity index (χ0n) is 16.2. The minimum absolute atomic E-state index is 0.0117. The molecule has 3 rings (SSSR count). The minimum Gasteiger partial charge on any atom is -0.495 e. The molecule has 0 N–H and O–H groups in total. The molecule has 0 bridgehead atoms. The van der Waals surface area contributed by atoms with Crippen LogP contribution in [0.25, 0.3) is 10.9 Å². The first kappa shape index (κ1) is 19.2. The molecule has 2 heterocycles. The maximum atomic E-state index is 12.6. The van der Waals surface area contributed by atoms with Crippen LogP contribution in [0.4, 0.5) is 0 Å². The predicted octanol–water partition coefficient (Wildman–Crippen LogP) is 4.56. The zero-order valence-corrected chi connectivity index (χ0v) is 17.0. The number of hydrogen-bond acceptors (Lipinski definition) is 3. The summed E-state index contributed by atoms with van der Waals surface area (Å²) >= 11 is 6.36. The van der Waals surface area contributed by atoms with Crippen molar-refractivity contribution in [3.63, 3.8) is 0 Å². The minimum atomic E-state index is -0.0117. The zero-order chi connectivity index (χ0) is 18.9. The molecule has 1 fully saturated rings. The van der Waals surface area contributed by atoms with Crippen molar-refractivity contribution in [3.05, 3.63) is 39.6 Å². The third kappa shape index (κ3) is 3.77. The molecule has 1 atom stereocenters. The molecule has 142 valence electrons. The third-order valence-electron chi connectivity index (χ3n) is 5.50. The van der Waals surface area contributed by atoms with Gasteiger partial charge < -0.3 is 9.30 Å². The fraction of sp³-hybridized carbons (Fsp3) is 0.571. The number of fused-ring (bicyclic) bond motifs is 1. The molecule has 0 spiro atoms. The first-order valence-corrected chi connectivity index (χ1v) is 9.81. The van der Waals surface area contributed by atoms with E-state index in [1.54, 1.807) is 19.2 Å². The van der Waals surface area contributed by atoms with Crippen LogP contribution >= 0.6 is 11.6 Å². The molecule has 1 unspecified atom stereocenters. The standard InChI is InChI=1S/C21H29ClN2O2/c1-21(2,3)18-7-5-6-12-23(18)13-14-24-19(25)11-8-15-16(22)9-10-17(26-4)20(15)24/h8-11,18H,5-7,12-14H2,1-4H3. The lowest BCUT2D eigenvalue weighted by atomic mass is 9.80. The van der Waals surface area contributed by atoms with E-state index in [1.165, 1.54) is 19.3 Å². The molecule has 0 radical (unpaired) electrons. The highest BCUT2D eigenvalue weighted by atomic mass is 35.5. The molecule has 1 saturated heterocycles. The summed E-state index contributed by atoms with van der Waals surface area (Å²) in [4.78, 5) is 15.2. The lowest BCUT2D eigenvalue weighted by molar-refractivity contribution is 0.0610. The average Bonchev–Trinajstić information content (AvgIpc) is 2.60. The van der Waals surface area contributed by atoms with Crippen molar-refractivity contribution in [1.82, 2.24) is 9.47 Å². The fourth-order valence-electron chi connectivity index (χ4n) is 4.21. The Hall–Kier alpha value is -1.52. The van der Waals surface area contributed by atoms with Crippen molar-refractivity contribution in [2.45, 2.75) is 52.6 Å². The van der Waals surface area contributed by atoms with Gasteiger partial charge in [0.2, 0.25) is 0 Å². The number of ether oxygens (including phenoxy) is 1. The Kier molecular flexibility index (Phi) is 5.64. The summed E-state index contributed by atoms with van der Waals surface area (Å²) in [7, 11) is 1.63. The second-order valence-electron chi connectivity index (χ2n) is 8.25. The first-order valence-electron chi connectivity index (χ1n) is 9.43. The molecule has 1 aromatic carbocycles. The van der Waals surface area contributed by atoms with Gasteiger partial charge in [-0.2, -0.15) is 0 Å².